The average molecular weight is 429 g/mol. The summed E-state index contributed by atoms with van der Waals surface area (Å²) in [5.41, 5.74) is 1.85. The van der Waals surface area contributed by atoms with Gasteiger partial charge in [-0.15, -0.1) is 0 Å². The summed E-state index contributed by atoms with van der Waals surface area (Å²) in [5.74, 6) is 1.13. The fraction of sp³-hybridized carbons (Fsp3) is 0.217. The van der Waals surface area contributed by atoms with E-state index in [2.05, 4.69) is 32.6 Å². The number of hydrogen-bond donors (Lipinski definition) is 0. The molecule has 1 aromatic heterocycles. The lowest BCUT2D eigenvalue weighted by Gasteiger charge is -1.94. The normalized spacial score (nSPS) is 9.11. The first-order chi connectivity index (χ1) is 13.2. The van der Waals surface area contributed by atoms with Crippen molar-refractivity contribution in [2.24, 2.45) is 0 Å². The van der Waals surface area contributed by atoms with Gasteiger partial charge < -0.3 is 4.52 Å². The van der Waals surface area contributed by atoms with Gasteiger partial charge in [-0.3, -0.25) is 0 Å². The van der Waals surface area contributed by atoms with Gasteiger partial charge in [-0.2, -0.15) is 4.98 Å². The second-order valence-corrected chi connectivity index (χ2v) is 5.48. The van der Waals surface area contributed by atoms with E-state index in [4.69, 9.17) is 4.52 Å². The third-order valence-corrected chi connectivity index (χ3v) is 3.35. The van der Waals surface area contributed by atoms with E-state index in [1.165, 1.54) is 0 Å². The van der Waals surface area contributed by atoms with Crippen LogP contribution in [0.2, 0.25) is 0 Å². The summed E-state index contributed by atoms with van der Waals surface area (Å²) in [5, 5.41) is 4.00. The Morgan fingerprint density at radius 2 is 1.56 bits per heavy atom. The van der Waals surface area contributed by atoms with Gasteiger partial charge in [-0.1, -0.05) is 104 Å². The zero-order valence-corrected chi connectivity index (χ0v) is 18.4. The summed E-state index contributed by atoms with van der Waals surface area (Å²) in [6.07, 6.45) is 5.58. The molecule has 0 radical (unpaired) electrons. The maximum absolute atomic E-state index is 5.27. The lowest BCUT2D eigenvalue weighted by atomic mass is 10.2. The third kappa shape index (κ3) is 9.15. The lowest BCUT2D eigenvalue weighted by molar-refractivity contribution is 0.432. The largest absolute Gasteiger partial charge is 0.334 e. The highest BCUT2D eigenvalue weighted by Gasteiger charge is 2.09. The first-order valence-electron chi connectivity index (χ1n) is 9.13. The summed E-state index contributed by atoms with van der Waals surface area (Å²) in [4.78, 5) is 4.39. The predicted molar refractivity (Wildman–Crippen MR) is 121 cm³/mol. The van der Waals surface area contributed by atoms with Crippen molar-refractivity contribution in [3.8, 4) is 22.8 Å². The highest BCUT2D eigenvalue weighted by atomic mass is 79.9. The molecule has 2 aromatic carbocycles. The second-order valence-electron chi connectivity index (χ2n) is 4.56. The van der Waals surface area contributed by atoms with E-state index in [0.717, 1.165) is 15.6 Å². The Labute approximate surface area is 172 Å². The molecule has 0 aliphatic carbocycles. The van der Waals surface area contributed by atoms with Crippen LogP contribution >= 0.6 is 15.9 Å². The van der Waals surface area contributed by atoms with Crippen molar-refractivity contribution in [3.63, 3.8) is 0 Å². The molecular weight excluding hydrogens is 400 g/mol. The summed E-state index contributed by atoms with van der Waals surface area (Å²) in [6, 6.07) is 17.5. The van der Waals surface area contributed by atoms with E-state index in [-0.39, 0.29) is 0 Å². The molecule has 3 aromatic rings. The standard InChI is InChI=1S/C14H9BrN2O.C5H8.2C2H6/c15-12-8-4-7-11(9-12)13-16-14(18-17-13)10-5-2-1-3-6-10;1-3-5-4-2;2*1-2/h1-9H;3-5H,1H2,2H3;2*1-2H3/b;5-4-;;. The first-order valence-corrected chi connectivity index (χ1v) is 9.92. The van der Waals surface area contributed by atoms with E-state index < -0.39 is 0 Å². The van der Waals surface area contributed by atoms with E-state index in [1.807, 2.05) is 101 Å². The molecule has 27 heavy (non-hydrogen) atoms. The summed E-state index contributed by atoms with van der Waals surface area (Å²) in [6.45, 7) is 13.4. The zero-order chi connectivity index (χ0) is 20.5. The molecule has 0 aliphatic heterocycles. The summed E-state index contributed by atoms with van der Waals surface area (Å²) < 4.78 is 6.26. The number of allylic oxidation sites excluding steroid dienone is 3. The third-order valence-electron chi connectivity index (χ3n) is 2.86. The topological polar surface area (TPSA) is 38.9 Å². The van der Waals surface area contributed by atoms with Crippen LogP contribution in [0, 0.1) is 0 Å². The van der Waals surface area contributed by atoms with Crippen LogP contribution in [0.1, 0.15) is 34.6 Å². The second kappa shape index (κ2) is 15.8. The minimum Gasteiger partial charge on any atom is -0.334 e. The van der Waals surface area contributed by atoms with Crippen molar-refractivity contribution >= 4 is 15.9 Å². The Bertz CT molecular complexity index is 780. The Morgan fingerprint density at radius 3 is 2.07 bits per heavy atom. The molecule has 0 saturated heterocycles. The van der Waals surface area contributed by atoms with Gasteiger partial charge in [0.05, 0.1) is 0 Å². The molecule has 0 atom stereocenters. The van der Waals surface area contributed by atoms with Crippen molar-refractivity contribution in [1.82, 2.24) is 10.1 Å². The first kappa shape index (κ1) is 24.5. The van der Waals surface area contributed by atoms with Crippen LogP contribution in [0.5, 0.6) is 0 Å². The highest BCUT2D eigenvalue weighted by Crippen LogP contribution is 2.23. The fourth-order valence-corrected chi connectivity index (χ4v) is 2.20. The van der Waals surface area contributed by atoms with Gasteiger partial charge in [0.25, 0.3) is 5.89 Å². The zero-order valence-electron chi connectivity index (χ0n) is 16.8. The fourth-order valence-electron chi connectivity index (χ4n) is 1.80. The van der Waals surface area contributed by atoms with Crippen molar-refractivity contribution in [3.05, 3.63) is 83.9 Å². The molecule has 0 unspecified atom stereocenters. The van der Waals surface area contributed by atoms with E-state index in [1.54, 1.807) is 6.08 Å². The highest BCUT2D eigenvalue weighted by molar-refractivity contribution is 9.10. The smallest absolute Gasteiger partial charge is 0.258 e. The Balaban J connectivity index is 0.000000646. The Kier molecular flexibility index (Phi) is 14.3. The van der Waals surface area contributed by atoms with Gasteiger partial charge in [0, 0.05) is 15.6 Å². The lowest BCUT2D eigenvalue weighted by Crippen LogP contribution is -1.81. The maximum atomic E-state index is 5.27. The molecule has 0 fully saturated rings. The van der Waals surface area contributed by atoms with Gasteiger partial charge in [0.1, 0.15) is 0 Å². The molecule has 1 heterocycles. The monoisotopic (exact) mass is 428 g/mol. The molecule has 0 aliphatic rings. The van der Waals surface area contributed by atoms with Gasteiger partial charge in [-0.05, 0) is 31.2 Å². The quantitative estimate of drug-likeness (QED) is 0.396. The molecule has 144 valence electrons. The molecule has 3 nitrogen and oxygen atoms in total. The summed E-state index contributed by atoms with van der Waals surface area (Å²) >= 11 is 3.42. The van der Waals surface area contributed by atoms with Crippen LogP contribution in [-0.4, -0.2) is 10.1 Å². The van der Waals surface area contributed by atoms with Crippen LogP contribution < -0.4 is 0 Å². The molecule has 4 heteroatoms. The molecular formula is C23H29BrN2O. The van der Waals surface area contributed by atoms with Gasteiger partial charge in [0.15, 0.2) is 0 Å². The van der Waals surface area contributed by atoms with Crippen LogP contribution in [-0.2, 0) is 0 Å². The summed E-state index contributed by atoms with van der Waals surface area (Å²) in [7, 11) is 0. The Morgan fingerprint density at radius 1 is 0.926 bits per heavy atom. The van der Waals surface area contributed by atoms with Gasteiger partial charge >= 0.3 is 0 Å². The number of halogens is 1. The van der Waals surface area contributed by atoms with Crippen LogP contribution in [0.4, 0.5) is 0 Å². The molecule has 0 saturated carbocycles. The van der Waals surface area contributed by atoms with E-state index in [0.29, 0.717) is 11.7 Å². The SMILES string of the molecule is Brc1cccc(-c2noc(-c3ccccc3)n2)c1.C=C/C=C\C.CC.CC. The molecule has 3 rings (SSSR count). The Hall–Kier alpha value is -2.46. The van der Waals surface area contributed by atoms with Crippen LogP contribution in [0.15, 0.2) is 88.4 Å². The number of hydrogen-bond acceptors (Lipinski definition) is 3. The molecule has 0 N–H and O–H groups in total. The van der Waals surface area contributed by atoms with E-state index in [9.17, 15) is 0 Å². The number of benzene rings is 2. The molecule has 0 bridgehead atoms. The minimum absolute atomic E-state index is 0.533. The minimum atomic E-state index is 0.533. The van der Waals surface area contributed by atoms with Crippen molar-refractivity contribution in [2.45, 2.75) is 34.6 Å². The molecule has 0 spiro atoms. The van der Waals surface area contributed by atoms with Crippen molar-refractivity contribution in [1.29, 1.82) is 0 Å². The van der Waals surface area contributed by atoms with Gasteiger partial charge in [-0.25, -0.2) is 0 Å². The van der Waals surface area contributed by atoms with E-state index >= 15 is 0 Å². The number of rotatable bonds is 3. The average Bonchev–Trinajstić information content (AvgIpc) is 3.23. The van der Waals surface area contributed by atoms with Crippen molar-refractivity contribution < 1.29 is 4.52 Å². The number of aromatic nitrogens is 2. The number of nitrogens with zero attached hydrogens (tertiary/aromatic N) is 2. The van der Waals surface area contributed by atoms with Crippen LogP contribution in [0.25, 0.3) is 22.8 Å². The molecule has 0 amide bonds. The predicted octanol–water partition coefficient (Wildman–Crippen LogP) is 7.97. The maximum Gasteiger partial charge on any atom is 0.258 e. The van der Waals surface area contributed by atoms with Crippen molar-refractivity contribution in [2.75, 3.05) is 0 Å². The van der Waals surface area contributed by atoms with Gasteiger partial charge in [0.2, 0.25) is 5.82 Å². The van der Waals surface area contributed by atoms with Crippen LogP contribution in [0.3, 0.4) is 0 Å².